The van der Waals surface area contributed by atoms with Gasteiger partial charge in [-0.15, -0.1) is 12.3 Å². The predicted octanol–water partition coefficient (Wildman–Crippen LogP) is 4.78. The smallest absolute Gasteiger partial charge is 0.0211 e. The first-order valence-electron chi connectivity index (χ1n) is 9.06. The van der Waals surface area contributed by atoms with Crippen LogP contribution in [0.4, 0.5) is 0 Å². The number of hydrogen-bond donors (Lipinski definition) is 1. The van der Waals surface area contributed by atoms with E-state index in [1.54, 1.807) is 0 Å². The number of hydrogen-bond acceptors (Lipinski definition) is 1. The molecule has 1 rings (SSSR count). The highest BCUT2D eigenvalue weighted by atomic mass is 16.0. The number of terminal acetylenes is 1. The van der Waals surface area contributed by atoms with E-state index in [1.807, 2.05) is 41.5 Å². The van der Waals surface area contributed by atoms with E-state index in [0.29, 0.717) is 0 Å². The molecule has 0 radical (unpaired) electrons. The lowest BCUT2D eigenvalue weighted by molar-refractivity contribution is 0.504. The maximum Gasteiger partial charge on any atom is 0.0211 e. The van der Waals surface area contributed by atoms with E-state index in [9.17, 15) is 0 Å². The maximum absolute atomic E-state index is 5.02. The Labute approximate surface area is 142 Å². The minimum Gasteiger partial charge on any atom is -0.412 e. The fraction of sp³-hybridized carbons (Fsp3) is 0.895. The van der Waals surface area contributed by atoms with Crippen LogP contribution in [0.2, 0.25) is 0 Å². The Morgan fingerprint density at radius 2 is 1.05 bits per heavy atom. The van der Waals surface area contributed by atoms with Gasteiger partial charge in [0.15, 0.2) is 0 Å². The Balaban J connectivity index is -0.0000000410. The van der Waals surface area contributed by atoms with Gasteiger partial charge in [0.05, 0.1) is 0 Å². The van der Waals surface area contributed by atoms with Gasteiger partial charge in [0, 0.05) is 13.0 Å². The zero-order valence-electron chi connectivity index (χ0n) is 16.6. The third-order valence-corrected chi connectivity index (χ3v) is 2.37. The van der Waals surface area contributed by atoms with Gasteiger partial charge in [-0.25, -0.2) is 0 Å². The molecule has 1 aliphatic rings. The van der Waals surface area contributed by atoms with E-state index in [1.165, 1.54) is 44.9 Å². The Kier molecular flexibility index (Phi) is 101. The molecule has 3 nitrogen and oxygen atoms in total. The second kappa shape index (κ2) is 59.0. The van der Waals surface area contributed by atoms with Crippen molar-refractivity contribution in [1.29, 1.82) is 0 Å². The minimum atomic E-state index is 0. The largest absolute Gasteiger partial charge is 0.412 e. The molecule has 0 aromatic carbocycles. The lowest BCUT2D eigenvalue weighted by Gasteiger charge is -2.05. The zero-order chi connectivity index (χ0) is 16.5. The van der Waals surface area contributed by atoms with E-state index in [0.717, 1.165) is 19.5 Å². The summed E-state index contributed by atoms with van der Waals surface area (Å²) in [6.07, 6.45) is 16.1. The molecule has 0 bridgehead atoms. The molecule has 5 N–H and O–H groups in total. The molecule has 0 heterocycles. The Morgan fingerprint density at radius 1 is 0.727 bits per heavy atom. The molecule has 0 amide bonds. The standard InChI is InChI=1S/C7H13N.C6H12.3C2H6.2H2O/c1-3-5-7-8-6-4-2;1-2-4-6-5-3-1;3*1-2;;/h1,8H,4-7H2,2H3;1-6H2;3*1-2H3;2*1H2. The Morgan fingerprint density at radius 3 is 1.27 bits per heavy atom. The molecule has 0 aliphatic heterocycles. The fourth-order valence-corrected chi connectivity index (χ4v) is 1.52. The van der Waals surface area contributed by atoms with Crippen molar-refractivity contribution in [3.63, 3.8) is 0 Å². The zero-order valence-corrected chi connectivity index (χ0v) is 16.6. The first-order valence-corrected chi connectivity index (χ1v) is 9.06. The fourth-order valence-electron chi connectivity index (χ4n) is 1.52. The average Bonchev–Trinajstić information content (AvgIpc) is 2.59. The lowest BCUT2D eigenvalue weighted by atomic mass is 10.0. The SMILES string of the molecule is C#CCCNCCC.C1CCCCC1.CC.CC.CC.O.O. The average molecular weight is 322 g/mol. The third kappa shape index (κ3) is 60.6. The van der Waals surface area contributed by atoms with Crippen LogP contribution in [0.1, 0.15) is 99.8 Å². The first-order chi connectivity index (χ1) is 9.91. The van der Waals surface area contributed by atoms with Gasteiger partial charge in [0.1, 0.15) is 0 Å². The molecule has 22 heavy (non-hydrogen) atoms. The second-order valence-corrected chi connectivity index (χ2v) is 3.83. The summed E-state index contributed by atoms with van der Waals surface area (Å²) >= 11 is 0. The van der Waals surface area contributed by atoms with Crippen molar-refractivity contribution in [2.24, 2.45) is 0 Å². The van der Waals surface area contributed by atoms with Crippen LogP contribution >= 0.6 is 0 Å². The van der Waals surface area contributed by atoms with Crippen molar-refractivity contribution in [2.75, 3.05) is 13.1 Å². The van der Waals surface area contributed by atoms with Crippen LogP contribution in [0.15, 0.2) is 0 Å². The summed E-state index contributed by atoms with van der Waals surface area (Å²) in [5.41, 5.74) is 0. The van der Waals surface area contributed by atoms with Crippen molar-refractivity contribution < 1.29 is 11.0 Å². The molecule has 1 aliphatic carbocycles. The first kappa shape index (κ1) is 37.6. The Bertz CT molecular complexity index is 129. The molecule has 0 aromatic rings. The summed E-state index contributed by atoms with van der Waals surface area (Å²) in [5, 5.41) is 3.19. The van der Waals surface area contributed by atoms with Crippen LogP contribution < -0.4 is 5.32 Å². The molecule has 0 aromatic heterocycles. The quantitative estimate of drug-likeness (QED) is 0.587. The third-order valence-electron chi connectivity index (χ3n) is 2.37. The number of nitrogens with one attached hydrogen (secondary N) is 1. The predicted molar refractivity (Wildman–Crippen MR) is 106 cm³/mol. The molecule has 1 fully saturated rings. The van der Waals surface area contributed by atoms with Crippen LogP contribution in [0.25, 0.3) is 0 Å². The molecule has 140 valence electrons. The molecule has 0 unspecified atom stereocenters. The van der Waals surface area contributed by atoms with Crippen molar-refractivity contribution in [1.82, 2.24) is 5.32 Å². The lowest BCUT2D eigenvalue weighted by Crippen LogP contribution is -2.14. The van der Waals surface area contributed by atoms with Crippen molar-refractivity contribution in [3.05, 3.63) is 0 Å². The van der Waals surface area contributed by atoms with Crippen LogP contribution in [0, 0.1) is 12.3 Å². The van der Waals surface area contributed by atoms with Crippen LogP contribution in [0.3, 0.4) is 0 Å². The summed E-state index contributed by atoms with van der Waals surface area (Å²) < 4.78 is 0. The summed E-state index contributed by atoms with van der Waals surface area (Å²) in [5.74, 6) is 2.56. The maximum atomic E-state index is 5.02. The van der Waals surface area contributed by atoms with E-state index < -0.39 is 0 Å². The monoisotopic (exact) mass is 321 g/mol. The van der Waals surface area contributed by atoms with Crippen LogP contribution in [-0.2, 0) is 0 Å². The topological polar surface area (TPSA) is 75.0 Å². The molecule has 0 atom stereocenters. The van der Waals surface area contributed by atoms with Crippen molar-refractivity contribution in [3.8, 4) is 12.3 Å². The highest BCUT2D eigenvalue weighted by molar-refractivity contribution is 4.83. The molecular weight excluding hydrogens is 274 g/mol. The summed E-state index contributed by atoms with van der Waals surface area (Å²) in [7, 11) is 0. The molecule has 3 heteroatoms. The highest BCUT2D eigenvalue weighted by Crippen LogP contribution is 2.15. The van der Waals surface area contributed by atoms with Gasteiger partial charge >= 0.3 is 0 Å². The van der Waals surface area contributed by atoms with Gasteiger partial charge in [-0.05, 0) is 13.0 Å². The van der Waals surface area contributed by atoms with E-state index in [2.05, 4.69) is 18.2 Å². The van der Waals surface area contributed by atoms with Gasteiger partial charge in [0.2, 0.25) is 0 Å². The van der Waals surface area contributed by atoms with Crippen molar-refractivity contribution >= 4 is 0 Å². The van der Waals surface area contributed by atoms with Crippen LogP contribution in [-0.4, -0.2) is 24.0 Å². The van der Waals surface area contributed by atoms with E-state index in [-0.39, 0.29) is 11.0 Å². The minimum absolute atomic E-state index is 0. The Hall–Kier alpha value is -0.560. The molecule has 1 saturated carbocycles. The molecular formula is C19H47NO2. The normalized spacial score (nSPS) is 10.5. The van der Waals surface area contributed by atoms with Crippen LogP contribution in [0.5, 0.6) is 0 Å². The van der Waals surface area contributed by atoms with Gasteiger partial charge < -0.3 is 16.3 Å². The van der Waals surface area contributed by atoms with Gasteiger partial charge in [-0.2, -0.15) is 0 Å². The molecule has 0 saturated heterocycles. The molecule has 0 spiro atoms. The van der Waals surface area contributed by atoms with Gasteiger partial charge in [-0.3, -0.25) is 0 Å². The van der Waals surface area contributed by atoms with Crippen molar-refractivity contribution in [2.45, 2.75) is 99.8 Å². The van der Waals surface area contributed by atoms with E-state index in [4.69, 9.17) is 6.42 Å². The summed E-state index contributed by atoms with van der Waals surface area (Å²) in [4.78, 5) is 0. The highest BCUT2D eigenvalue weighted by Gasteiger charge is 1.95. The van der Waals surface area contributed by atoms with Gasteiger partial charge in [-0.1, -0.05) is 87.0 Å². The number of rotatable bonds is 4. The second-order valence-electron chi connectivity index (χ2n) is 3.83. The summed E-state index contributed by atoms with van der Waals surface area (Å²) in [6, 6.07) is 0. The van der Waals surface area contributed by atoms with E-state index >= 15 is 0 Å². The van der Waals surface area contributed by atoms with Gasteiger partial charge in [0.25, 0.3) is 0 Å². The summed E-state index contributed by atoms with van der Waals surface area (Å²) in [6.45, 7) is 16.2.